The predicted molar refractivity (Wildman–Crippen MR) is 90.2 cm³/mol. The Labute approximate surface area is 133 Å². The van der Waals surface area contributed by atoms with Crippen molar-refractivity contribution in [2.75, 3.05) is 31.1 Å². The van der Waals surface area contributed by atoms with E-state index >= 15 is 0 Å². The number of benzene rings is 1. The number of nitrogens with two attached hydrogens (primary N) is 1. The number of anilines is 1. The van der Waals surface area contributed by atoms with Crippen LogP contribution >= 0.6 is 11.6 Å². The summed E-state index contributed by atoms with van der Waals surface area (Å²) < 4.78 is 0. The van der Waals surface area contributed by atoms with Gasteiger partial charge in [-0.3, -0.25) is 4.90 Å². The third kappa shape index (κ3) is 3.53. The lowest BCUT2D eigenvalue weighted by atomic mass is 10.1. The van der Waals surface area contributed by atoms with E-state index in [9.17, 15) is 0 Å². The zero-order valence-electron chi connectivity index (χ0n) is 12.9. The van der Waals surface area contributed by atoms with Crippen LogP contribution in [-0.2, 0) is 6.42 Å². The van der Waals surface area contributed by atoms with Crippen LogP contribution in [0.1, 0.15) is 31.7 Å². The van der Waals surface area contributed by atoms with Crippen molar-refractivity contribution in [3.63, 3.8) is 0 Å². The van der Waals surface area contributed by atoms with E-state index in [2.05, 4.69) is 28.0 Å². The van der Waals surface area contributed by atoms with Crippen molar-refractivity contribution in [2.45, 2.75) is 44.7 Å². The molecule has 2 aliphatic rings. The first-order valence-corrected chi connectivity index (χ1v) is 8.54. The summed E-state index contributed by atoms with van der Waals surface area (Å²) >= 11 is 6.55. The van der Waals surface area contributed by atoms with Gasteiger partial charge in [-0.05, 0) is 56.8 Å². The molecule has 0 spiro atoms. The summed E-state index contributed by atoms with van der Waals surface area (Å²) in [6.45, 7) is 6.78. The molecule has 0 saturated carbocycles. The minimum absolute atomic E-state index is 0.178. The van der Waals surface area contributed by atoms with Gasteiger partial charge in [-0.25, -0.2) is 0 Å². The molecule has 0 radical (unpaired) electrons. The van der Waals surface area contributed by atoms with Gasteiger partial charge in [0, 0.05) is 31.7 Å². The molecule has 2 atom stereocenters. The maximum atomic E-state index is 6.55. The molecule has 3 nitrogen and oxygen atoms in total. The highest BCUT2D eigenvalue weighted by Crippen LogP contribution is 2.31. The summed E-state index contributed by atoms with van der Waals surface area (Å²) in [5, 5.41) is 0.875. The molecule has 2 unspecified atom stereocenters. The van der Waals surface area contributed by atoms with Crippen LogP contribution in [0.3, 0.4) is 0 Å². The second-order valence-electron chi connectivity index (χ2n) is 6.60. The molecule has 2 N–H and O–H groups in total. The van der Waals surface area contributed by atoms with Gasteiger partial charge in [0.25, 0.3) is 0 Å². The topological polar surface area (TPSA) is 32.5 Å². The first-order valence-electron chi connectivity index (χ1n) is 8.16. The Balaban J connectivity index is 1.76. The highest BCUT2D eigenvalue weighted by molar-refractivity contribution is 6.33. The standard InChI is InChI=1S/C17H26ClN3/c1-13(19)10-14-5-6-17(16(18)11-14)21-9-3-8-20-7-2-4-15(20)12-21/h5-6,11,13,15H,2-4,7-10,12,19H2,1H3. The first kappa shape index (κ1) is 15.1. The van der Waals surface area contributed by atoms with Gasteiger partial charge in [0.05, 0.1) is 10.7 Å². The van der Waals surface area contributed by atoms with Gasteiger partial charge in [-0.2, -0.15) is 0 Å². The highest BCUT2D eigenvalue weighted by Gasteiger charge is 2.29. The molecule has 1 aromatic rings. The maximum absolute atomic E-state index is 6.55. The monoisotopic (exact) mass is 307 g/mol. The highest BCUT2D eigenvalue weighted by atomic mass is 35.5. The summed E-state index contributed by atoms with van der Waals surface area (Å²) in [5.74, 6) is 0. The average molecular weight is 308 g/mol. The molecule has 4 heteroatoms. The van der Waals surface area contributed by atoms with E-state index in [-0.39, 0.29) is 6.04 Å². The van der Waals surface area contributed by atoms with E-state index in [4.69, 9.17) is 17.3 Å². The predicted octanol–water partition coefficient (Wildman–Crippen LogP) is 2.90. The smallest absolute Gasteiger partial charge is 0.0642 e. The molecule has 21 heavy (non-hydrogen) atoms. The van der Waals surface area contributed by atoms with Crippen molar-refractivity contribution in [1.82, 2.24) is 4.90 Å². The van der Waals surface area contributed by atoms with E-state index < -0.39 is 0 Å². The molecule has 0 aliphatic carbocycles. The number of fused-ring (bicyclic) bond motifs is 1. The number of nitrogens with zero attached hydrogens (tertiary/aromatic N) is 2. The van der Waals surface area contributed by atoms with Crippen molar-refractivity contribution in [1.29, 1.82) is 0 Å². The van der Waals surface area contributed by atoms with Crippen LogP contribution in [0.4, 0.5) is 5.69 Å². The Morgan fingerprint density at radius 1 is 1.29 bits per heavy atom. The number of hydrogen-bond acceptors (Lipinski definition) is 3. The van der Waals surface area contributed by atoms with Crippen LogP contribution < -0.4 is 10.6 Å². The van der Waals surface area contributed by atoms with Gasteiger partial charge in [0.1, 0.15) is 0 Å². The average Bonchev–Trinajstić information content (AvgIpc) is 2.76. The van der Waals surface area contributed by atoms with E-state index in [0.717, 1.165) is 24.5 Å². The molecule has 0 aromatic heterocycles. The Kier molecular flexibility index (Phi) is 4.72. The fourth-order valence-electron chi connectivity index (χ4n) is 3.73. The second kappa shape index (κ2) is 6.55. The molecule has 3 rings (SSSR count). The van der Waals surface area contributed by atoms with Crippen molar-refractivity contribution >= 4 is 17.3 Å². The molecule has 116 valence electrons. The Bertz CT molecular complexity index is 489. The fraction of sp³-hybridized carbons (Fsp3) is 0.647. The normalized spacial score (nSPS) is 24.7. The summed E-state index contributed by atoms with van der Waals surface area (Å²) in [5.41, 5.74) is 8.30. The fourth-order valence-corrected chi connectivity index (χ4v) is 4.05. The first-order chi connectivity index (χ1) is 10.1. The van der Waals surface area contributed by atoms with E-state index in [1.54, 1.807) is 0 Å². The molecule has 2 heterocycles. The molecule has 2 aliphatic heterocycles. The van der Waals surface area contributed by atoms with Crippen molar-refractivity contribution in [3.05, 3.63) is 28.8 Å². The molecule has 2 fully saturated rings. The Morgan fingerprint density at radius 2 is 2.10 bits per heavy atom. The van der Waals surface area contributed by atoms with Gasteiger partial charge >= 0.3 is 0 Å². The largest absolute Gasteiger partial charge is 0.369 e. The van der Waals surface area contributed by atoms with E-state index in [0.29, 0.717) is 6.04 Å². The van der Waals surface area contributed by atoms with Crippen LogP contribution in [0, 0.1) is 0 Å². The van der Waals surface area contributed by atoms with Gasteiger partial charge in [0.2, 0.25) is 0 Å². The van der Waals surface area contributed by atoms with Crippen molar-refractivity contribution < 1.29 is 0 Å². The lowest BCUT2D eigenvalue weighted by Crippen LogP contribution is -2.36. The third-order valence-corrected chi connectivity index (χ3v) is 5.02. The molecular formula is C17H26ClN3. The summed E-state index contributed by atoms with van der Waals surface area (Å²) in [4.78, 5) is 5.13. The number of rotatable bonds is 3. The zero-order chi connectivity index (χ0) is 14.8. The van der Waals surface area contributed by atoms with Crippen LogP contribution in [0.15, 0.2) is 18.2 Å². The third-order valence-electron chi connectivity index (χ3n) is 4.71. The van der Waals surface area contributed by atoms with Gasteiger partial charge in [-0.15, -0.1) is 0 Å². The Hall–Kier alpha value is -0.770. The van der Waals surface area contributed by atoms with Gasteiger partial charge < -0.3 is 10.6 Å². The minimum atomic E-state index is 0.178. The van der Waals surface area contributed by atoms with Gasteiger partial charge in [-0.1, -0.05) is 17.7 Å². The number of hydrogen-bond donors (Lipinski definition) is 1. The molecule has 0 amide bonds. The van der Waals surface area contributed by atoms with E-state index in [1.165, 1.54) is 43.6 Å². The minimum Gasteiger partial charge on any atom is -0.369 e. The second-order valence-corrected chi connectivity index (χ2v) is 7.01. The quantitative estimate of drug-likeness (QED) is 0.932. The van der Waals surface area contributed by atoms with Crippen LogP contribution in [0.2, 0.25) is 5.02 Å². The molecular weight excluding hydrogens is 282 g/mol. The SMILES string of the molecule is CC(N)Cc1ccc(N2CCCN3CCCC3C2)c(Cl)c1. The lowest BCUT2D eigenvalue weighted by molar-refractivity contribution is 0.273. The molecule has 1 aromatic carbocycles. The van der Waals surface area contributed by atoms with Crippen molar-refractivity contribution in [2.24, 2.45) is 5.73 Å². The summed E-state index contributed by atoms with van der Waals surface area (Å²) in [7, 11) is 0. The van der Waals surface area contributed by atoms with Crippen molar-refractivity contribution in [3.8, 4) is 0 Å². The maximum Gasteiger partial charge on any atom is 0.0642 e. The lowest BCUT2D eigenvalue weighted by Gasteiger charge is -2.28. The Morgan fingerprint density at radius 3 is 2.86 bits per heavy atom. The van der Waals surface area contributed by atoms with E-state index in [1.807, 2.05) is 6.92 Å². The molecule has 2 saturated heterocycles. The van der Waals surface area contributed by atoms with Gasteiger partial charge in [0.15, 0.2) is 0 Å². The van der Waals surface area contributed by atoms with Crippen LogP contribution in [0.5, 0.6) is 0 Å². The van der Waals surface area contributed by atoms with Crippen LogP contribution in [-0.4, -0.2) is 43.2 Å². The summed E-state index contributed by atoms with van der Waals surface area (Å²) in [6, 6.07) is 7.36. The molecule has 0 bridgehead atoms. The number of halogens is 1. The summed E-state index contributed by atoms with van der Waals surface area (Å²) in [6.07, 6.45) is 4.79. The van der Waals surface area contributed by atoms with Crippen LogP contribution in [0.25, 0.3) is 0 Å². The zero-order valence-corrected chi connectivity index (χ0v) is 13.6.